The van der Waals surface area contributed by atoms with E-state index in [1.54, 1.807) is 12.1 Å². The Kier molecular flexibility index (Phi) is 6.48. The van der Waals surface area contributed by atoms with E-state index in [-0.39, 0.29) is 45.8 Å². The summed E-state index contributed by atoms with van der Waals surface area (Å²) in [5.74, 6) is -4.41. The molecule has 1 aromatic carbocycles. The van der Waals surface area contributed by atoms with Gasteiger partial charge in [-0.1, -0.05) is 0 Å². The Hall–Kier alpha value is -3.93. The van der Waals surface area contributed by atoms with Gasteiger partial charge in [0.1, 0.15) is 5.69 Å². The van der Waals surface area contributed by atoms with Gasteiger partial charge in [-0.3, -0.25) is 14.6 Å². The van der Waals surface area contributed by atoms with Crippen molar-refractivity contribution in [2.45, 2.75) is 19.1 Å². The number of fused-ring (bicyclic) bond motifs is 5. The molecule has 0 bridgehead atoms. The van der Waals surface area contributed by atoms with Crippen molar-refractivity contribution in [2.75, 3.05) is 34.9 Å². The average molecular weight is 505 g/mol. The number of methoxy groups -OCH3 is 2. The molecule has 0 amide bonds. The Morgan fingerprint density at radius 3 is 2.47 bits per heavy atom. The number of carbonyl (C=O) groups is 2. The molecule has 1 aliphatic carbocycles. The van der Waals surface area contributed by atoms with E-state index in [0.717, 1.165) is 7.11 Å². The van der Waals surface area contributed by atoms with E-state index in [4.69, 9.17) is 14.2 Å². The second kappa shape index (κ2) is 9.26. The number of esters is 1. The largest absolute Gasteiger partial charge is 0.493 e. The molecule has 12 heteroatoms. The van der Waals surface area contributed by atoms with Crippen molar-refractivity contribution in [1.29, 1.82) is 0 Å². The minimum absolute atomic E-state index is 0.0312. The van der Waals surface area contributed by atoms with Crippen LogP contribution in [-0.4, -0.2) is 67.2 Å². The first-order chi connectivity index (χ1) is 17.0. The highest BCUT2D eigenvalue weighted by molar-refractivity contribution is 6.27. The smallest absolute Gasteiger partial charge is 0.491 e. The number of hydrogen-bond acceptors (Lipinski definition) is 8. The van der Waals surface area contributed by atoms with E-state index >= 15 is 0 Å². The molecule has 4 rings (SSSR count). The SMILES string of the molecule is COc1cc2c(=O)n(CCCN(C)C)c3c(c2c(OC(=O)C(F)(F)F)c1OC)C(=O)c1ncccc1-3. The minimum atomic E-state index is -5.35. The molecule has 9 nitrogen and oxygen atoms in total. The van der Waals surface area contributed by atoms with Gasteiger partial charge in [0, 0.05) is 23.7 Å². The lowest BCUT2D eigenvalue weighted by atomic mass is 10.0. The third-order valence-corrected chi connectivity index (χ3v) is 5.78. The first-order valence-corrected chi connectivity index (χ1v) is 10.8. The van der Waals surface area contributed by atoms with Crippen LogP contribution in [0.1, 0.15) is 22.5 Å². The fourth-order valence-corrected chi connectivity index (χ4v) is 4.28. The summed E-state index contributed by atoms with van der Waals surface area (Å²) in [6.45, 7) is 0.844. The summed E-state index contributed by atoms with van der Waals surface area (Å²) in [7, 11) is 6.09. The number of hydrogen-bond donors (Lipinski definition) is 0. The van der Waals surface area contributed by atoms with Gasteiger partial charge in [-0.05, 0) is 45.3 Å². The van der Waals surface area contributed by atoms with Crippen LogP contribution in [0.3, 0.4) is 0 Å². The van der Waals surface area contributed by atoms with Gasteiger partial charge in [-0.25, -0.2) is 4.79 Å². The number of pyridine rings is 2. The van der Waals surface area contributed by atoms with Gasteiger partial charge in [-0.15, -0.1) is 0 Å². The van der Waals surface area contributed by atoms with E-state index in [9.17, 15) is 27.6 Å². The van der Waals surface area contributed by atoms with Gasteiger partial charge in [0.2, 0.25) is 11.5 Å². The maximum atomic E-state index is 13.7. The molecule has 190 valence electrons. The highest BCUT2D eigenvalue weighted by Gasteiger charge is 2.44. The van der Waals surface area contributed by atoms with Crippen LogP contribution >= 0.6 is 0 Å². The van der Waals surface area contributed by atoms with Gasteiger partial charge in [0.05, 0.1) is 30.9 Å². The van der Waals surface area contributed by atoms with Crippen molar-refractivity contribution in [1.82, 2.24) is 14.5 Å². The average Bonchev–Trinajstić information content (AvgIpc) is 3.12. The fraction of sp³-hybridized carbons (Fsp3) is 0.333. The minimum Gasteiger partial charge on any atom is -0.493 e. The van der Waals surface area contributed by atoms with Gasteiger partial charge in [0.15, 0.2) is 11.5 Å². The maximum absolute atomic E-state index is 13.7. The molecular formula is C24H22F3N3O6. The molecule has 0 saturated carbocycles. The van der Waals surface area contributed by atoms with Crippen LogP contribution in [0.5, 0.6) is 17.2 Å². The van der Waals surface area contributed by atoms with Gasteiger partial charge in [0.25, 0.3) is 5.56 Å². The van der Waals surface area contributed by atoms with Crippen molar-refractivity contribution in [3.63, 3.8) is 0 Å². The molecule has 1 aliphatic rings. The molecule has 0 fully saturated rings. The van der Waals surface area contributed by atoms with Crippen LogP contribution in [0.4, 0.5) is 13.2 Å². The van der Waals surface area contributed by atoms with E-state index in [1.165, 1.54) is 23.9 Å². The fourth-order valence-electron chi connectivity index (χ4n) is 4.28. The molecule has 2 aromatic heterocycles. The normalized spacial score (nSPS) is 12.6. The van der Waals surface area contributed by atoms with Crippen LogP contribution in [-0.2, 0) is 11.3 Å². The van der Waals surface area contributed by atoms with E-state index in [1.807, 2.05) is 19.0 Å². The zero-order valence-electron chi connectivity index (χ0n) is 19.9. The first kappa shape index (κ1) is 25.2. The molecule has 36 heavy (non-hydrogen) atoms. The topological polar surface area (TPSA) is 100.0 Å². The van der Waals surface area contributed by atoms with Crippen molar-refractivity contribution in [3.05, 3.63) is 46.0 Å². The molecule has 0 spiro atoms. The summed E-state index contributed by atoms with van der Waals surface area (Å²) in [5, 5.41) is -0.445. The Bertz CT molecular complexity index is 1450. The standard InChI is InChI=1S/C24H22F3N3O6/c1-29(2)9-6-10-30-18-12-7-5-8-28-17(12)19(31)16(18)15-13(22(30)32)11-14(34-3)20(35-4)21(15)36-23(33)24(25,26)27/h5,7-8,11H,6,9-10H2,1-4H3. The highest BCUT2D eigenvalue weighted by Crippen LogP contribution is 2.48. The van der Waals surface area contributed by atoms with Crippen molar-refractivity contribution < 1.29 is 37.0 Å². The number of ether oxygens (including phenoxy) is 3. The second-order valence-electron chi connectivity index (χ2n) is 8.32. The molecule has 0 unspecified atom stereocenters. The monoisotopic (exact) mass is 505 g/mol. The number of ketones is 1. The Morgan fingerprint density at radius 1 is 1.14 bits per heavy atom. The van der Waals surface area contributed by atoms with Crippen LogP contribution in [0.2, 0.25) is 0 Å². The number of alkyl halides is 3. The summed E-state index contributed by atoms with van der Waals surface area (Å²) < 4.78 is 56.1. The number of carbonyl (C=O) groups excluding carboxylic acids is 2. The Labute approximate surface area is 203 Å². The summed E-state index contributed by atoms with van der Waals surface area (Å²) in [5.41, 5.74) is -0.130. The maximum Gasteiger partial charge on any atom is 0.491 e. The third kappa shape index (κ3) is 4.06. The number of nitrogens with zero attached hydrogens (tertiary/aromatic N) is 3. The molecule has 0 radical (unpaired) electrons. The molecule has 0 atom stereocenters. The van der Waals surface area contributed by atoms with Gasteiger partial charge >= 0.3 is 12.1 Å². The number of rotatable bonds is 7. The predicted octanol–water partition coefficient (Wildman–Crippen LogP) is 3.04. The van der Waals surface area contributed by atoms with E-state index in [2.05, 4.69) is 4.98 Å². The molecular weight excluding hydrogens is 483 g/mol. The molecule has 0 aliphatic heterocycles. The lowest BCUT2D eigenvalue weighted by Gasteiger charge is -2.20. The molecule has 3 aromatic rings. The Balaban J connectivity index is 2.13. The number of halogens is 3. The van der Waals surface area contributed by atoms with Crippen LogP contribution in [0.25, 0.3) is 22.0 Å². The van der Waals surface area contributed by atoms with Gasteiger partial charge in [-0.2, -0.15) is 13.2 Å². The zero-order chi connectivity index (χ0) is 26.4. The first-order valence-electron chi connectivity index (χ1n) is 10.8. The molecule has 0 saturated heterocycles. The highest BCUT2D eigenvalue weighted by atomic mass is 19.4. The Morgan fingerprint density at radius 2 is 1.86 bits per heavy atom. The number of aromatic nitrogens is 2. The van der Waals surface area contributed by atoms with Crippen LogP contribution < -0.4 is 19.8 Å². The lowest BCUT2D eigenvalue weighted by Crippen LogP contribution is -2.29. The number of benzene rings is 1. The van der Waals surface area contributed by atoms with Crippen molar-refractivity contribution in [3.8, 4) is 28.5 Å². The molecule has 0 N–H and O–H groups in total. The van der Waals surface area contributed by atoms with Crippen LogP contribution in [0.15, 0.2) is 29.2 Å². The summed E-state index contributed by atoms with van der Waals surface area (Å²) in [4.78, 5) is 45.2. The van der Waals surface area contributed by atoms with E-state index < -0.39 is 29.2 Å². The van der Waals surface area contributed by atoms with Crippen molar-refractivity contribution >= 4 is 22.5 Å². The van der Waals surface area contributed by atoms with Crippen molar-refractivity contribution in [2.24, 2.45) is 0 Å². The summed E-state index contributed by atoms with van der Waals surface area (Å²) >= 11 is 0. The lowest BCUT2D eigenvalue weighted by molar-refractivity contribution is -0.189. The third-order valence-electron chi connectivity index (χ3n) is 5.78. The summed E-state index contributed by atoms with van der Waals surface area (Å²) in [6, 6.07) is 4.44. The zero-order valence-corrected chi connectivity index (χ0v) is 19.9. The summed E-state index contributed by atoms with van der Waals surface area (Å²) in [6.07, 6.45) is -3.41. The quantitative estimate of drug-likeness (QED) is 0.279. The second-order valence-corrected chi connectivity index (χ2v) is 8.32. The van der Waals surface area contributed by atoms with Crippen LogP contribution in [0, 0.1) is 0 Å². The van der Waals surface area contributed by atoms with Gasteiger partial charge < -0.3 is 23.7 Å². The predicted molar refractivity (Wildman–Crippen MR) is 123 cm³/mol. The van der Waals surface area contributed by atoms with E-state index in [0.29, 0.717) is 18.5 Å². The molecule has 2 heterocycles.